The molecule has 1 saturated heterocycles. The number of carbonyl (C=O) groups excluding carboxylic acids is 5. The highest BCUT2D eigenvalue weighted by atomic mass is 16.6. The monoisotopic (exact) mass is 772 g/mol. The van der Waals surface area contributed by atoms with Gasteiger partial charge in [0.1, 0.15) is 30.5 Å². The average Bonchev–Trinajstić information content (AvgIpc) is 3.77. The molecule has 0 bridgehead atoms. The molecule has 0 radical (unpaired) electrons. The maximum Gasteiger partial charge on any atom is 0.335 e. The van der Waals surface area contributed by atoms with Gasteiger partial charge in [0, 0.05) is 41.9 Å². The Morgan fingerprint density at radius 1 is 0.836 bits per heavy atom. The first-order valence-electron chi connectivity index (χ1n) is 19.7. The Morgan fingerprint density at radius 3 is 1.96 bits per heavy atom. The molecule has 3 aliphatic carbocycles. The molecule has 0 spiro atoms. The zero-order chi connectivity index (χ0) is 40.8. The molecule has 2 saturated carbocycles. The van der Waals surface area contributed by atoms with E-state index >= 15 is 0 Å². The van der Waals surface area contributed by atoms with Crippen LogP contribution in [0, 0.1) is 39.9 Å². The van der Waals surface area contributed by atoms with Gasteiger partial charge in [-0.3, -0.25) is 14.4 Å². The van der Waals surface area contributed by atoms with E-state index in [1.807, 2.05) is 33.8 Å². The highest BCUT2D eigenvalue weighted by molar-refractivity contribution is 5.76. The molecule has 5 rings (SSSR count). The lowest BCUT2D eigenvalue weighted by Gasteiger charge is -2.67. The summed E-state index contributed by atoms with van der Waals surface area (Å²) in [7, 11) is 0. The van der Waals surface area contributed by atoms with Gasteiger partial charge in [-0.15, -0.1) is 0 Å². The van der Waals surface area contributed by atoms with Gasteiger partial charge >= 0.3 is 29.8 Å². The summed E-state index contributed by atoms with van der Waals surface area (Å²) in [6, 6.07) is 1.89. The minimum atomic E-state index is -1.58. The first kappa shape index (κ1) is 42.4. The van der Waals surface area contributed by atoms with E-state index in [-0.39, 0.29) is 25.2 Å². The third-order valence-corrected chi connectivity index (χ3v) is 14.2. The number of fused-ring (bicyclic) bond motifs is 5. The number of esters is 5. The summed E-state index contributed by atoms with van der Waals surface area (Å²) in [6.45, 7) is 17.0. The molecule has 0 aromatic carbocycles. The van der Waals surface area contributed by atoms with E-state index in [2.05, 4.69) is 13.0 Å². The van der Waals surface area contributed by atoms with E-state index in [0.717, 1.165) is 11.1 Å². The van der Waals surface area contributed by atoms with Crippen molar-refractivity contribution in [2.24, 2.45) is 39.9 Å². The highest BCUT2D eigenvalue weighted by Gasteiger charge is 2.74. The van der Waals surface area contributed by atoms with Gasteiger partial charge in [-0.1, -0.05) is 73.0 Å². The normalized spacial score (nSPS) is 37.6. The number of furan rings is 1. The van der Waals surface area contributed by atoms with E-state index in [4.69, 9.17) is 28.1 Å². The third-order valence-electron chi connectivity index (χ3n) is 14.2. The second-order valence-electron chi connectivity index (χ2n) is 17.4. The van der Waals surface area contributed by atoms with Gasteiger partial charge < -0.3 is 38.3 Å². The molecule has 3 fully saturated rings. The van der Waals surface area contributed by atoms with Crippen molar-refractivity contribution in [3.63, 3.8) is 0 Å². The van der Waals surface area contributed by atoms with Gasteiger partial charge in [-0.05, 0) is 55.6 Å². The molecule has 14 unspecified atom stereocenters. The van der Waals surface area contributed by atoms with Gasteiger partial charge in [0.2, 0.25) is 0 Å². The Hall–Kier alpha value is -3.71. The summed E-state index contributed by atoms with van der Waals surface area (Å²) in [6.07, 6.45) is 1.39. The Labute approximate surface area is 323 Å². The van der Waals surface area contributed by atoms with E-state index < -0.39 is 112 Å². The van der Waals surface area contributed by atoms with Gasteiger partial charge in [0.25, 0.3) is 0 Å². The van der Waals surface area contributed by atoms with Crippen molar-refractivity contribution in [3.8, 4) is 0 Å². The maximum absolute atomic E-state index is 13.9. The highest BCUT2D eigenvalue weighted by Crippen LogP contribution is 2.73. The summed E-state index contributed by atoms with van der Waals surface area (Å²) in [5, 5.41) is 21.9. The number of aliphatic hydroxyl groups excluding tert-OH is 2. The number of carbonyl (C=O) groups is 5. The quantitative estimate of drug-likeness (QED) is 0.152. The molecule has 2 heterocycles. The Kier molecular flexibility index (Phi) is 12.1. The molecule has 14 atom stereocenters. The molecule has 306 valence electrons. The first-order valence-corrected chi connectivity index (χ1v) is 19.7. The van der Waals surface area contributed by atoms with Crippen LogP contribution in [0.1, 0.15) is 119 Å². The number of allylic oxidation sites excluding steroid dienone is 1. The Bertz CT molecular complexity index is 1650. The van der Waals surface area contributed by atoms with Crippen LogP contribution in [0.3, 0.4) is 0 Å². The topological polar surface area (TPSA) is 185 Å². The van der Waals surface area contributed by atoms with Crippen LogP contribution in [0.15, 0.2) is 34.7 Å². The number of hydrogen-bond acceptors (Lipinski definition) is 13. The second kappa shape index (κ2) is 15.7. The van der Waals surface area contributed by atoms with Gasteiger partial charge in [-0.25, -0.2) is 9.59 Å². The number of cyclic esters (lactones) is 1. The zero-order valence-electron chi connectivity index (χ0n) is 33.9. The number of rotatable bonds is 12. The molecule has 13 nitrogen and oxygen atoms in total. The molecular formula is C42H60O13. The van der Waals surface area contributed by atoms with Crippen molar-refractivity contribution in [3.05, 3.63) is 35.8 Å². The first-order chi connectivity index (χ1) is 25.7. The van der Waals surface area contributed by atoms with Gasteiger partial charge in [-0.2, -0.15) is 0 Å². The fraction of sp³-hybridized carbons (Fsp3) is 0.738. The van der Waals surface area contributed by atoms with E-state index in [1.165, 1.54) is 13.8 Å². The van der Waals surface area contributed by atoms with E-state index in [9.17, 15) is 34.2 Å². The summed E-state index contributed by atoms with van der Waals surface area (Å²) in [5.41, 5.74) is -2.79. The number of ether oxygens (including phenoxy) is 5. The molecule has 1 aliphatic heterocycles. The van der Waals surface area contributed by atoms with Crippen LogP contribution in [-0.2, 0) is 47.7 Å². The summed E-state index contributed by atoms with van der Waals surface area (Å²) >= 11 is 0. The SMILES string of the molecule is CCC(C)C(O)C(=O)OCC1(C)OC(=O)CC(OC(C)=O)C2(C)C1CC(OC(=O)C(O)C(C)CC)C1(C)C3=CCC(c4ccoc4)C3(C)C(OC(C)=O)CC12. The van der Waals surface area contributed by atoms with Crippen molar-refractivity contribution in [1.29, 1.82) is 0 Å². The van der Waals surface area contributed by atoms with Crippen molar-refractivity contribution in [1.82, 2.24) is 0 Å². The molecular weight excluding hydrogens is 712 g/mol. The van der Waals surface area contributed by atoms with Crippen molar-refractivity contribution in [2.45, 2.75) is 150 Å². The molecule has 55 heavy (non-hydrogen) atoms. The third kappa shape index (κ3) is 7.24. The van der Waals surface area contributed by atoms with Crippen LogP contribution >= 0.6 is 0 Å². The summed E-state index contributed by atoms with van der Waals surface area (Å²) in [4.78, 5) is 66.8. The van der Waals surface area contributed by atoms with Crippen LogP contribution < -0.4 is 0 Å². The van der Waals surface area contributed by atoms with Crippen LogP contribution in [0.25, 0.3) is 0 Å². The number of aliphatic hydroxyl groups is 2. The molecule has 4 aliphatic rings. The Morgan fingerprint density at radius 2 is 1.40 bits per heavy atom. The lowest BCUT2D eigenvalue weighted by atomic mass is 9.39. The van der Waals surface area contributed by atoms with Gasteiger partial charge in [0.15, 0.2) is 12.2 Å². The predicted octanol–water partition coefficient (Wildman–Crippen LogP) is 5.59. The summed E-state index contributed by atoms with van der Waals surface area (Å²) < 4.78 is 36.3. The lowest BCUT2D eigenvalue weighted by Crippen LogP contribution is -2.70. The minimum absolute atomic E-state index is 0.0531. The Balaban J connectivity index is 1.73. The largest absolute Gasteiger partial charge is 0.472 e. The van der Waals surface area contributed by atoms with E-state index in [0.29, 0.717) is 19.3 Å². The van der Waals surface area contributed by atoms with E-state index in [1.54, 1.807) is 33.3 Å². The average molecular weight is 773 g/mol. The number of hydrogen-bond donors (Lipinski definition) is 2. The second-order valence-corrected chi connectivity index (χ2v) is 17.4. The minimum Gasteiger partial charge on any atom is -0.472 e. The molecule has 2 N–H and O–H groups in total. The maximum atomic E-state index is 13.9. The molecule has 1 aromatic heterocycles. The molecule has 13 heteroatoms. The van der Waals surface area contributed by atoms with Crippen molar-refractivity contribution >= 4 is 29.8 Å². The fourth-order valence-electron chi connectivity index (χ4n) is 10.7. The van der Waals surface area contributed by atoms with Gasteiger partial charge in [0.05, 0.1) is 18.9 Å². The van der Waals surface area contributed by atoms with Crippen LogP contribution in [0.4, 0.5) is 0 Å². The van der Waals surface area contributed by atoms with Crippen LogP contribution in [0.2, 0.25) is 0 Å². The predicted molar refractivity (Wildman–Crippen MR) is 197 cm³/mol. The van der Waals surface area contributed by atoms with Crippen molar-refractivity contribution in [2.75, 3.05) is 6.61 Å². The zero-order valence-corrected chi connectivity index (χ0v) is 33.9. The smallest absolute Gasteiger partial charge is 0.335 e. The van der Waals surface area contributed by atoms with Crippen LogP contribution in [-0.4, -0.2) is 82.8 Å². The lowest BCUT2D eigenvalue weighted by molar-refractivity contribution is -0.247. The summed E-state index contributed by atoms with van der Waals surface area (Å²) in [5.74, 6) is -5.86. The fourth-order valence-corrected chi connectivity index (χ4v) is 10.7. The standard InChI is InChI=1S/C42H60O13/c1-11-22(3)35(46)37(48)51-21-39(7)29-17-32(54-38(49)36(47)23(4)12-2)41(9)28-14-13-27(26-15-16-50-20-26)40(28,8)31(52-24(5)43)18-30(41)42(29,10)33(53-25(6)44)19-34(45)55-39/h14-16,20,22-23,27,29-33,35-36,46-47H,11-13,17-19,21H2,1-10H3. The van der Waals surface area contributed by atoms with Crippen molar-refractivity contribution < 1.29 is 62.3 Å². The molecule has 0 amide bonds. The van der Waals surface area contributed by atoms with Crippen LogP contribution in [0.5, 0.6) is 0 Å². The molecule has 1 aromatic rings.